The first-order chi connectivity index (χ1) is 51.4. The molecule has 0 aliphatic rings. The normalized spacial score (nSPS) is 11.7. The smallest absolute Gasteiger partial charge is 0.161 e. The molecular weight excluding hydrogens is 1270 g/mol. The van der Waals surface area contributed by atoms with E-state index in [1.165, 1.54) is 43.1 Å². The molecule has 0 saturated carbocycles. The van der Waals surface area contributed by atoms with Crippen molar-refractivity contribution in [3.63, 3.8) is 0 Å². The molecule has 15 aromatic rings. The van der Waals surface area contributed by atoms with E-state index in [4.69, 9.17) is 28.4 Å². The summed E-state index contributed by atoms with van der Waals surface area (Å²) in [5.41, 5.74) is 13.2. The highest BCUT2D eigenvalue weighted by atomic mass is 16.5. The van der Waals surface area contributed by atoms with E-state index in [1.54, 1.807) is 0 Å². The van der Waals surface area contributed by atoms with Gasteiger partial charge < -0.3 is 28.4 Å². The summed E-state index contributed by atoms with van der Waals surface area (Å²) in [5, 5.41) is 18.3. The molecule has 6 nitrogen and oxygen atoms in total. The summed E-state index contributed by atoms with van der Waals surface area (Å²) in [7, 11) is 0. The van der Waals surface area contributed by atoms with E-state index in [-0.39, 0.29) is 0 Å². The van der Waals surface area contributed by atoms with Gasteiger partial charge in [-0.2, -0.15) is 0 Å². The lowest BCUT2D eigenvalue weighted by molar-refractivity contribution is 0.262. The van der Waals surface area contributed by atoms with Crippen LogP contribution in [0.15, 0.2) is 243 Å². The van der Waals surface area contributed by atoms with Gasteiger partial charge in [-0.05, 0) is 240 Å². The van der Waals surface area contributed by atoms with E-state index >= 15 is 0 Å². The average Bonchev–Trinajstić information content (AvgIpc) is 0.718. The fraction of sp³-hybridized carbons (Fsp3) is 0.245. The molecule has 104 heavy (non-hydrogen) atoms. The van der Waals surface area contributed by atoms with Crippen LogP contribution in [-0.4, -0.2) is 39.6 Å². The quantitative estimate of drug-likeness (QED) is 0.0330. The van der Waals surface area contributed by atoms with Crippen molar-refractivity contribution in [1.29, 1.82) is 0 Å². The molecule has 0 fully saturated rings. The standard InChI is InChI=1S/C98H94O6/c1-7-13-51-99-87-59-81(93-69-39-23-19-35-65(69)57-66-36-20-24-40-70(66)93)83(61-89(87)101-53-15-9-3)95-73-43-27-31-47-77(73)97(78-48-32-28-44-74(78)95)85-63-91(103-55-17-11-5)92(104-56-18-12-6)64-86(85)98-79-49-33-29-45-75(79)96(76-46-30-34-50-80(76)98)84-62-90(102-54-16-10-4)88(100-52-14-8-2)60-82(84)94-71-41-25-21-37-67(71)58-68-38-22-26-42-72(68)94/h19-50,57-64H,7-18,51-56H2,1-6H3. The van der Waals surface area contributed by atoms with Gasteiger partial charge >= 0.3 is 0 Å². The first kappa shape index (κ1) is 68.9. The van der Waals surface area contributed by atoms with Gasteiger partial charge in [0.15, 0.2) is 34.5 Å². The highest BCUT2D eigenvalue weighted by molar-refractivity contribution is 6.29. The first-order valence-electron chi connectivity index (χ1n) is 38.4. The Bertz CT molecular complexity index is 5060. The fourth-order valence-corrected chi connectivity index (χ4v) is 15.6. The second-order valence-corrected chi connectivity index (χ2v) is 27.8. The molecule has 0 atom stereocenters. The van der Waals surface area contributed by atoms with Crippen LogP contribution in [0.4, 0.5) is 0 Å². The topological polar surface area (TPSA) is 55.4 Å². The summed E-state index contributed by atoms with van der Waals surface area (Å²) in [5.74, 6) is 4.49. The molecule has 0 aliphatic carbocycles. The maximum absolute atomic E-state index is 7.10. The zero-order valence-electron chi connectivity index (χ0n) is 61.3. The van der Waals surface area contributed by atoms with Crippen LogP contribution < -0.4 is 28.4 Å². The van der Waals surface area contributed by atoms with Gasteiger partial charge in [0.2, 0.25) is 0 Å². The maximum atomic E-state index is 7.10. The average molecular weight is 1370 g/mol. The predicted octanol–water partition coefficient (Wildman–Crippen LogP) is 28.0. The molecule has 15 aromatic carbocycles. The number of rotatable bonds is 30. The lowest BCUT2D eigenvalue weighted by Gasteiger charge is -2.26. The molecule has 0 aliphatic heterocycles. The fourth-order valence-electron chi connectivity index (χ4n) is 15.6. The van der Waals surface area contributed by atoms with Gasteiger partial charge in [0, 0.05) is 0 Å². The minimum Gasteiger partial charge on any atom is -0.490 e. The molecule has 0 radical (unpaired) electrons. The van der Waals surface area contributed by atoms with Gasteiger partial charge in [-0.1, -0.05) is 274 Å². The summed E-state index contributed by atoms with van der Waals surface area (Å²) >= 11 is 0. The minimum atomic E-state index is 0.549. The molecule has 0 N–H and O–H groups in total. The van der Waals surface area contributed by atoms with Crippen molar-refractivity contribution in [1.82, 2.24) is 0 Å². The highest BCUT2D eigenvalue weighted by Crippen LogP contribution is 2.57. The number of unbranched alkanes of at least 4 members (excludes halogenated alkanes) is 6. The second-order valence-electron chi connectivity index (χ2n) is 27.8. The van der Waals surface area contributed by atoms with Gasteiger partial charge in [-0.3, -0.25) is 0 Å². The van der Waals surface area contributed by atoms with Gasteiger partial charge in [0.05, 0.1) is 39.6 Å². The molecule has 0 bridgehead atoms. The Morgan fingerprint density at radius 1 is 0.173 bits per heavy atom. The largest absolute Gasteiger partial charge is 0.490 e. The Hall–Kier alpha value is -10.8. The molecule has 0 spiro atoms. The zero-order valence-corrected chi connectivity index (χ0v) is 61.3. The maximum Gasteiger partial charge on any atom is 0.161 e. The lowest BCUT2D eigenvalue weighted by atomic mass is 9.79. The number of hydrogen-bond acceptors (Lipinski definition) is 6. The summed E-state index contributed by atoms with van der Waals surface area (Å²) in [6.07, 6.45) is 11.5. The van der Waals surface area contributed by atoms with Crippen molar-refractivity contribution in [2.75, 3.05) is 39.6 Å². The van der Waals surface area contributed by atoms with Crippen LogP contribution in [0.2, 0.25) is 0 Å². The van der Waals surface area contributed by atoms with E-state index < -0.39 is 0 Å². The van der Waals surface area contributed by atoms with Gasteiger partial charge in [-0.15, -0.1) is 0 Å². The molecule has 0 aromatic heterocycles. The molecule has 0 heterocycles. The first-order valence-corrected chi connectivity index (χ1v) is 38.4. The Labute approximate surface area is 613 Å². The van der Waals surface area contributed by atoms with Crippen molar-refractivity contribution in [2.45, 2.75) is 119 Å². The predicted molar refractivity (Wildman–Crippen MR) is 442 cm³/mol. The molecule has 15 rings (SSSR count). The van der Waals surface area contributed by atoms with Crippen LogP contribution in [0.25, 0.3) is 153 Å². The van der Waals surface area contributed by atoms with Crippen LogP contribution in [0.3, 0.4) is 0 Å². The van der Waals surface area contributed by atoms with E-state index in [0.717, 1.165) is 221 Å². The number of fused-ring (bicyclic) bond motifs is 8. The van der Waals surface area contributed by atoms with Gasteiger partial charge in [0.25, 0.3) is 0 Å². The van der Waals surface area contributed by atoms with Crippen molar-refractivity contribution in [3.05, 3.63) is 243 Å². The van der Waals surface area contributed by atoms with E-state index in [9.17, 15) is 0 Å². The van der Waals surface area contributed by atoms with Gasteiger partial charge in [0.1, 0.15) is 0 Å². The van der Waals surface area contributed by atoms with Crippen LogP contribution in [0.5, 0.6) is 34.5 Å². The molecule has 0 amide bonds. The Balaban J connectivity index is 1.06. The Morgan fingerprint density at radius 3 is 0.481 bits per heavy atom. The van der Waals surface area contributed by atoms with Crippen molar-refractivity contribution in [2.24, 2.45) is 0 Å². The summed E-state index contributed by atoms with van der Waals surface area (Å²) in [6, 6.07) is 90.4. The monoisotopic (exact) mass is 1370 g/mol. The molecule has 0 saturated heterocycles. The molecule has 6 heteroatoms. The van der Waals surface area contributed by atoms with Crippen LogP contribution in [0.1, 0.15) is 119 Å². The number of hydrogen-bond donors (Lipinski definition) is 0. The van der Waals surface area contributed by atoms with Crippen molar-refractivity contribution < 1.29 is 28.4 Å². The Morgan fingerprint density at radius 2 is 0.317 bits per heavy atom. The molecular formula is C98H94O6. The van der Waals surface area contributed by atoms with Crippen LogP contribution in [0, 0.1) is 0 Å². The number of ether oxygens (including phenoxy) is 6. The Kier molecular flexibility index (Phi) is 21.1. The van der Waals surface area contributed by atoms with Gasteiger partial charge in [-0.25, -0.2) is 0 Å². The van der Waals surface area contributed by atoms with Crippen LogP contribution >= 0.6 is 0 Å². The van der Waals surface area contributed by atoms with E-state index in [0.29, 0.717) is 39.6 Å². The summed E-state index contributed by atoms with van der Waals surface area (Å²) in [4.78, 5) is 0. The minimum absolute atomic E-state index is 0.549. The SMILES string of the molecule is CCCCOc1cc(-c2c3ccccc3cc3ccccc23)c(-c2c3ccccc3c(-c3cc(OCCCC)c(OCCCC)cc3-c3c4ccccc4c(-c4cc(OCCCC)c(OCCCC)cc4-c4c5ccccc5cc5ccccc45)c4ccccc34)c3ccccc23)cc1OCCCC. The summed E-state index contributed by atoms with van der Waals surface area (Å²) in [6.45, 7) is 16.7. The third kappa shape index (κ3) is 13.4. The number of benzene rings is 15. The van der Waals surface area contributed by atoms with E-state index in [1.807, 2.05) is 0 Å². The van der Waals surface area contributed by atoms with Crippen molar-refractivity contribution >= 4 is 86.2 Å². The second kappa shape index (κ2) is 31.8. The zero-order chi connectivity index (χ0) is 70.9. The van der Waals surface area contributed by atoms with Crippen molar-refractivity contribution in [3.8, 4) is 101 Å². The molecule has 0 unspecified atom stereocenters. The summed E-state index contributed by atoms with van der Waals surface area (Å²) < 4.78 is 42.0. The third-order valence-corrected chi connectivity index (χ3v) is 20.8. The molecule has 522 valence electrons. The van der Waals surface area contributed by atoms with E-state index in [2.05, 4.69) is 284 Å². The lowest BCUT2D eigenvalue weighted by Crippen LogP contribution is -2.05. The third-order valence-electron chi connectivity index (χ3n) is 20.8. The van der Waals surface area contributed by atoms with Crippen LogP contribution in [-0.2, 0) is 0 Å². The highest BCUT2D eigenvalue weighted by Gasteiger charge is 2.30.